The molecule has 0 saturated carbocycles. The molecular weight excluding hydrogens is 426 g/mol. The third kappa shape index (κ3) is 2.72. The molecule has 0 fully saturated rings. The number of aromatic nitrogens is 7. The number of hydrogen-bond acceptors (Lipinski definition) is 6. The Morgan fingerprint density at radius 1 is 1.15 bits per heavy atom. The number of hydrogen-bond donors (Lipinski definition) is 0. The van der Waals surface area contributed by atoms with Gasteiger partial charge in [0.25, 0.3) is 0 Å². The Balaban J connectivity index is 1.58. The van der Waals surface area contributed by atoms with Gasteiger partial charge in [-0.1, -0.05) is 0 Å². The first-order chi connectivity index (χ1) is 13.0. The molecule has 5 rings (SSSR count). The summed E-state index contributed by atoms with van der Waals surface area (Å²) in [6.45, 7) is 6.83. The lowest BCUT2D eigenvalue weighted by Gasteiger charge is -1.98. The van der Waals surface area contributed by atoms with Crippen molar-refractivity contribution >= 4 is 53.3 Å². The van der Waals surface area contributed by atoms with E-state index in [0.29, 0.717) is 6.42 Å². The van der Waals surface area contributed by atoms with E-state index < -0.39 is 0 Å². The van der Waals surface area contributed by atoms with Gasteiger partial charge in [-0.2, -0.15) is 5.10 Å². The predicted octanol–water partition coefficient (Wildman–Crippen LogP) is 4.01. The van der Waals surface area contributed by atoms with Gasteiger partial charge in [-0.15, -0.1) is 16.4 Å². The number of pyridine rings is 1. The zero-order valence-electron chi connectivity index (χ0n) is 15.1. The first-order valence-corrected chi connectivity index (χ1v) is 10.2. The number of halogens is 1. The molecule has 0 aliphatic carbocycles. The molecule has 0 bridgehead atoms. The highest BCUT2D eigenvalue weighted by molar-refractivity contribution is 9.10. The molecule has 136 valence electrons. The van der Waals surface area contributed by atoms with Crippen molar-refractivity contribution in [3.05, 3.63) is 45.8 Å². The van der Waals surface area contributed by atoms with E-state index in [9.17, 15) is 0 Å². The van der Waals surface area contributed by atoms with Crippen LogP contribution in [0.3, 0.4) is 0 Å². The number of aryl methyl sites for hydroxylation is 5. The van der Waals surface area contributed by atoms with Crippen LogP contribution in [0.4, 0.5) is 0 Å². The molecule has 0 aliphatic heterocycles. The summed E-state index contributed by atoms with van der Waals surface area (Å²) in [7, 11) is 0. The lowest BCUT2D eigenvalue weighted by molar-refractivity contribution is 0.595. The third-order valence-corrected chi connectivity index (χ3v) is 6.43. The van der Waals surface area contributed by atoms with Crippen LogP contribution >= 0.6 is 27.3 Å². The van der Waals surface area contributed by atoms with Gasteiger partial charge in [0.15, 0.2) is 11.5 Å². The smallest absolute Gasteiger partial charge is 0.176 e. The molecule has 0 amide bonds. The van der Waals surface area contributed by atoms with Crippen LogP contribution in [0.2, 0.25) is 0 Å². The van der Waals surface area contributed by atoms with Gasteiger partial charge in [-0.05, 0) is 48.3 Å². The van der Waals surface area contributed by atoms with E-state index >= 15 is 0 Å². The van der Waals surface area contributed by atoms with E-state index in [-0.39, 0.29) is 0 Å². The standard InChI is InChI=1S/C18H16BrN7S/c1-9-6-10(2)21-18-14(9)15-16(27-18)17-22-13(24-26(17)8-20-15)4-5-25-7-12(19)11(3)23-25/h6-8H,4-5H2,1-3H3. The van der Waals surface area contributed by atoms with Gasteiger partial charge < -0.3 is 0 Å². The molecule has 9 heteroatoms. The van der Waals surface area contributed by atoms with Gasteiger partial charge in [0.05, 0.1) is 15.7 Å². The largest absolute Gasteiger partial charge is 0.271 e. The minimum absolute atomic E-state index is 0.706. The van der Waals surface area contributed by atoms with E-state index in [1.54, 1.807) is 22.2 Å². The summed E-state index contributed by atoms with van der Waals surface area (Å²) in [5, 5.41) is 10.2. The molecule has 5 aromatic heterocycles. The van der Waals surface area contributed by atoms with Gasteiger partial charge in [-0.3, -0.25) is 4.68 Å². The highest BCUT2D eigenvalue weighted by atomic mass is 79.9. The average molecular weight is 442 g/mol. The second-order valence-corrected chi connectivity index (χ2v) is 8.51. The van der Waals surface area contributed by atoms with Crippen LogP contribution in [0.5, 0.6) is 0 Å². The summed E-state index contributed by atoms with van der Waals surface area (Å²) in [4.78, 5) is 15.1. The van der Waals surface area contributed by atoms with Crippen LogP contribution in [0.15, 0.2) is 23.1 Å². The maximum absolute atomic E-state index is 4.77. The van der Waals surface area contributed by atoms with Gasteiger partial charge in [0, 0.05) is 30.2 Å². The zero-order valence-corrected chi connectivity index (χ0v) is 17.5. The topological polar surface area (TPSA) is 73.8 Å². The summed E-state index contributed by atoms with van der Waals surface area (Å²) in [6, 6.07) is 2.10. The molecule has 0 atom stereocenters. The van der Waals surface area contributed by atoms with E-state index in [1.165, 1.54) is 5.56 Å². The van der Waals surface area contributed by atoms with Gasteiger partial charge in [0.1, 0.15) is 15.9 Å². The Kier molecular flexibility index (Phi) is 3.76. The van der Waals surface area contributed by atoms with Crippen LogP contribution in [-0.2, 0) is 13.0 Å². The summed E-state index contributed by atoms with van der Waals surface area (Å²) < 4.78 is 5.72. The summed E-state index contributed by atoms with van der Waals surface area (Å²) in [6.07, 6.45) is 4.43. The molecule has 5 aromatic rings. The monoisotopic (exact) mass is 441 g/mol. The van der Waals surface area contributed by atoms with Crippen molar-refractivity contribution in [1.82, 2.24) is 34.3 Å². The maximum atomic E-state index is 4.77. The lowest BCUT2D eigenvalue weighted by Crippen LogP contribution is -2.03. The minimum Gasteiger partial charge on any atom is -0.271 e. The number of nitrogens with zero attached hydrogens (tertiary/aromatic N) is 7. The zero-order chi connectivity index (χ0) is 18.7. The van der Waals surface area contributed by atoms with Crippen LogP contribution in [0, 0.1) is 20.8 Å². The van der Waals surface area contributed by atoms with Crippen molar-refractivity contribution in [2.75, 3.05) is 0 Å². The Labute approximate surface area is 167 Å². The first kappa shape index (κ1) is 16.8. The fourth-order valence-electron chi connectivity index (χ4n) is 3.34. The van der Waals surface area contributed by atoms with Crippen LogP contribution < -0.4 is 0 Å². The van der Waals surface area contributed by atoms with Gasteiger partial charge in [-0.25, -0.2) is 19.5 Å². The Morgan fingerprint density at radius 3 is 2.78 bits per heavy atom. The molecule has 7 nitrogen and oxygen atoms in total. The quantitative estimate of drug-likeness (QED) is 0.422. The molecule has 0 saturated heterocycles. The average Bonchev–Trinajstić information content (AvgIpc) is 3.27. The maximum Gasteiger partial charge on any atom is 0.176 e. The first-order valence-electron chi connectivity index (χ1n) is 8.60. The molecule has 0 unspecified atom stereocenters. The number of fused-ring (bicyclic) bond motifs is 5. The Bertz CT molecular complexity index is 1310. The van der Waals surface area contributed by atoms with Crippen molar-refractivity contribution in [3.8, 4) is 0 Å². The van der Waals surface area contributed by atoms with E-state index in [4.69, 9.17) is 4.98 Å². The molecule has 5 heterocycles. The molecule has 0 spiro atoms. The number of rotatable bonds is 3. The SMILES string of the molecule is Cc1cc(C)c2c(n1)sc1c2ncn2nc(CCn3cc(Br)c(C)n3)nc12. The summed E-state index contributed by atoms with van der Waals surface area (Å²) >= 11 is 5.13. The molecule has 0 aromatic carbocycles. The molecular formula is C18H16BrN7S. The van der Waals surface area contributed by atoms with Crippen molar-refractivity contribution in [3.63, 3.8) is 0 Å². The Morgan fingerprint density at radius 2 is 2.00 bits per heavy atom. The minimum atomic E-state index is 0.706. The van der Waals surface area contributed by atoms with E-state index in [2.05, 4.69) is 49.1 Å². The Hall–Kier alpha value is -2.39. The highest BCUT2D eigenvalue weighted by Gasteiger charge is 2.16. The molecule has 27 heavy (non-hydrogen) atoms. The second kappa shape index (κ2) is 6.07. The lowest BCUT2D eigenvalue weighted by atomic mass is 10.1. The van der Waals surface area contributed by atoms with Gasteiger partial charge >= 0.3 is 0 Å². The van der Waals surface area contributed by atoms with Gasteiger partial charge in [0.2, 0.25) is 0 Å². The van der Waals surface area contributed by atoms with Crippen LogP contribution in [0.25, 0.3) is 26.1 Å². The highest BCUT2D eigenvalue weighted by Crippen LogP contribution is 2.35. The molecule has 0 radical (unpaired) electrons. The third-order valence-electron chi connectivity index (χ3n) is 4.59. The van der Waals surface area contributed by atoms with E-state index in [0.717, 1.165) is 54.3 Å². The molecule has 0 N–H and O–H groups in total. The molecule has 0 aliphatic rings. The van der Waals surface area contributed by atoms with Crippen molar-refractivity contribution in [2.24, 2.45) is 0 Å². The fraction of sp³-hybridized carbons (Fsp3) is 0.278. The van der Waals surface area contributed by atoms with Crippen molar-refractivity contribution in [1.29, 1.82) is 0 Å². The van der Waals surface area contributed by atoms with Crippen molar-refractivity contribution < 1.29 is 0 Å². The summed E-state index contributed by atoms with van der Waals surface area (Å²) in [5.41, 5.74) is 4.99. The van der Waals surface area contributed by atoms with Crippen molar-refractivity contribution in [2.45, 2.75) is 33.7 Å². The van der Waals surface area contributed by atoms with Crippen LogP contribution in [0.1, 0.15) is 22.8 Å². The fourth-order valence-corrected chi connectivity index (χ4v) is 4.88. The van der Waals surface area contributed by atoms with E-state index in [1.807, 2.05) is 24.7 Å². The normalized spacial score (nSPS) is 12.0. The second-order valence-electron chi connectivity index (χ2n) is 6.66. The summed E-state index contributed by atoms with van der Waals surface area (Å²) in [5.74, 6) is 0.784. The predicted molar refractivity (Wildman–Crippen MR) is 109 cm³/mol. The van der Waals surface area contributed by atoms with Crippen LogP contribution in [-0.4, -0.2) is 34.3 Å². The number of thiophene rings is 1.